The van der Waals surface area contributed by atoms with Crippen molar-refractivity contribution in [3.05, 3.63) is 65.2 Å². The van der Waals surface area contributed by atoms with Crippen LogP contribution in [0, 0.1) is 0 Å². The van der Waals surface area contributed by atoms with Crippen molar-refractivity contribution in [3.8, 4) is 0 Å². The first-order valence-corrected chi connectivity index (χ1v) is 11.5. The maximum absolute atomic E-state index is 6.64. The third-order valence-corrected chi connectivity index (χ3v) is 7.03. The van der Waals surface area contributed by atoms with Gasteiger partial charge in [0.1, 0.15) is 0 Å². The molecule has 4 aromatic rings. The number of rotatable bonds is 3. The fourth-order valence-corrected chi connectivity index (χ4v) is 5.62. The highest BCUT2D eigenvalue weighted by Crippen LogP contribution is 2.40. The van der Waals surface area contributed by atoms with Crippen molar-refractivity contribution in [2.45, 2.75) is 39.2 Å². The van der Waals surface area contributed by atoms with Crippen LogP contribution >= 0.6 is 0 Å². The van der Waals surface area contributed by atoms with E-state index in [0.29, 0.717) is 0 Å². The minimum atomic E-state index is 0.915. The molecule has 2 aliphatic heterocycles. The molecule has 0 saturated heterocycles. The molecule has 0 radical (unpaired) electrons. The molecule has 0 amide bonds. The molecule has 4 nitrogen and oxygen atoms in total. The predicted octanol–water partition coefficient (Wildman–Crippen LogP) is 5.85. The fraction of sp³-hybridized carbons (Fsp3) is 0.296. The van der Waals surface area contributed by atoms with E-state index in [1.165, 1.54) is 51.5 Å². The minimum Gasteiger partial charge on any atom is -0.398 e. The average Bonchev–Trinajstić information content (AvgIpc) is 3.13. The molecule has 4 heteroatoms. The first kappa shape index (κ1) is 18.5. The number of para-hydroxylation sites is 1. The Morgan fingerprint density at radius 3 is 2.65 bits per heavy atom. The average molecular weight is 409 g/mol. The number of benzene rings is 3. The van der Waals surface area contributed by atoms with Crippen molar-refractivity contribution in [2.75, 3.05) is 23.7 Å². The van der Waals surface area contributed by atoms with Crippen molar-refractivity contribution in [3.63, 3.8) is 0 Å². The summed E-state index contributed by atoms with van der Waals surface area (Å²) in [5.74, 6) is 0. The molecule has 1 aromatic heterocycles. The lowest BCUT2D eigenvalue weighted by molar-refractivity contribution is 0.635. The highest BCUT2D eigenvalue weighted by molar-refractivity contribution is 6.09. The number of hydrogen-bond acceptors (Lipinski definition) is 3. The molecule has 156 valence electrons. The third-order valence-electron chi connectivity index (χ3n) is 7.03. The SMILES string of the molecule is CCn1c2ccccc2c2cc(N=Cc3cc4c5c(c3N)CCCN5CCC4)ccc21. The molecule has 3 heterocycles. The summed E-state index contributed by atoms with van der Waals surface area (Å²) in [6.07, 6.45) is 6.61. The third kappa shape index (κ3) is 2.85. The number of aliphatic imine (C=N–C) groups is 1. The smallest absolute Gasteiger partial charge is 0.0637 e. The Kier molecular flexibility index (Phi) is 4.27. The van der Waals surface area contributed by atoms with Crippen LogP contribution in [0.1, 0.15) is 36.5 Å². The number of hydrogen-bond donors (Lipinski definition) is 1. The highest BCUT2D eigenvalue weighted by atomic mass is 15.1. The van der Waals surface area contributed by atoms with E-state index in [0.717, 1.165) is 49.4 Å². The highest BCUT2D eigenvalue weighted by Gasteiger charge is 2.26. The van der Waals surface area contributed by atoms with Gasteiger partial charge in [0.15, 0.2) is 0 Å². The molecule has 6 rings (SSSR count). The van der Waals surface area contributed by atoms with Crippen LogP contribution in [-0.4, -0.2) is 23.9 Å². The van der Waals surface area contributed by atoms with Gasteiger partial charge in [-0.2, -0.15) is 0 Å². The van der Waals surface area contributed by atoms with Gasteiger partial charge in [-0.25, -0.2) is 0 Å². The Morgan fingerprint density at radius 2 is 1.77 bits per heavy atom. The van der Waals surface area contributed by atoms with E-state index in [-0.39, 0.29) is 0 Å². The van der Waals surface area contributed by atoms with Crippen molar-refractivity contribution in [1.29, 1.82) is 0 Å². The number of aryl methyl sites for hydroxylation is 2. The molecule has 0 unspecified atom stereocenters. The monoisotopic (exact) mass is 408 g/mol. The number of anilines is 2. The van der Waals surface area contributed by atoms with Crippen LogP contribution in [0.15, 0.2) is 53.5 Å². The number of aromatic nitrogens is 1. The lowest BCUT2D eigenvalue weighted by Crippen LogP contribution is -2.35. The summed E-state index contributed by atoms with van der Waals surface area (Å²) in [6.45, 7) is 5.49. The van der Waals surface area contributed by atoms with E-state index < -0.39 is 0 Å². The number of nitrogen functional groups attached to an aromatic ring is 1. The van der Waals surface area contributed by atoms with Crippen molar-refractivity contribution >= 4 is 45.1 Å². The van der Waals surface area contributed by atoms with E-state index in [1.54, 1.807) is 0 Å². The van der Waals surface area contributed by atoms with Crippen LogP contribution in [0.3, 0.4) is 0 Å². The largest absolute Gasteiger partial charge is 0.398 e. The van der Waals surface area contributed by atoms with Gasteiger partial charge in [0.25, 0.3) is 0 Å². The Hall–Kier alpha value is -3.27. The zero-order valence-corrected chi connectivity index (χ0v) is 18.1. The van der Waals surface area contributed by atoms with E-state index >= 15 is 0 Å². The topological polar surface area (TPSA) is 46.6 Å². The molecule has 2 N–H and O–H groups in total. The quantitative estimate of drug-likeness (QED) is 0.342. The second kappa shape index (κ2) is 7.16. The summed E-state index contributed by atoms with van der Waals surface area (Å²) in [6, 6.07) is 17.4. The first-order valence-electron chi connectivity index (χ1n) is 11.5. The van der Waals surface area contributed by atoms with E-state index in [9.17, 15) is 0 Å². The zero-order chi connectivity index (χ0) is 20.9. The number of fused-ring (bicyclic) bond motifs is 3. The van der Waals surface area contributed by atoms with Crippen LogP contribution < -0.4 is 10.6 Å². The molecule has 0 atom stereocenters. The maximum atomic E-state index is 6.64. The lowest BCUT2D eigenvalue weighted by atomic mass is 9.88. The van der Waals surface area contributed by atoms with Gasteiger partial charge < -0.3 is 15.2 Å². The lowest BCUT2D eigenvalue weighted by Gasteiger charge is -2.37. The molecule has 2 aliphatic rings. The van der Waals surface area contributed by atoms with Crippen LogP contribution in [0.25, 0.3) is 21.8 Å². The van der Waals surface area contributed by atoms with Gasteiger partial charge in [-0.1, -0.05) is 18.2 Å². The molecular weight excluding hydrogens is 380 g/mol. The van der Waals surface area contributed by atoms with Crippen molar-refractivity contribution < 1.29 is 0 Å². The molecule has 31 heavy (non-hydrogen) atoms. The van der Waals surface area contributed by atoms with Gasteiger partial charge in [-0.05, 0) is 74.1 Å². The Labute approximate surface area is 183 Å². The first-order chi connectivity index (χ1) is 15.2. The second-order valence-electron chi connectivity index (χ2n) is 8.78. The molecular formula is C27H28N4. The standard InChI is InChI=1S/C27H28N4/c1-2-31-24-10-4-3-8-21(24)23-16-20(11-12-25(23)31)29-17-19-15-18-7-5-13-30-14-6-9-22(26(19)28)27(18)30/h3-4,8,10-12,15-17H,2,5-7,9,13-14,28H2,1H3. The zero-order valence-electron chi connectivity index (χ0n) is 18.1. The van der Waals surface area contributed by atoms with Gasteiger partial charge in [-0.15, -0.1) is 0 Å². The summed E-state index contributed by atoms with van der Waals surface area (Å²) < 4.78 is 2.37. The Bertz CT molecular complexity index is 1340. The van der Waals surface area contributed by atoms with Gasteiger partial charge >= 0.3 is 0 Å². The van der Waals surface area contributed by atoms with Gasteiger partial charge in [0, 0.05) is 64.6 Å². The van der Waals surface area contributed by atoms with Crippen LogP contribution in [0.2, 0.25) is 0 Å². The van der Waals surface area contributed by atoms with Gasteiger partial charge in [0.2, 0.25) is 0 Å². The molecule has 3 aromatic carbocycles. The minimum absolute atomic E-state index is 0.915. The van der Waals surface area contributed by atoms with E-state index in [4.69, 9.17) is 10.7 Å². The Balaban J connectivity index is 1.43. The molecule has 0 saturated carbocycles. The fourth-order valence-electron chi connectivity index (χ4n) is 5.62. The number of nitrogens with two attached hydrogens (primary N) is 1. The van der Waals surface area contributed by atoms with Crippen LogP contribution in [0.5, 0.6) is 0 Å². The van der Waals surface area contributed by atoms with Crippen molar-refractivity contribution in [1.82, 2.24) is 4.57 Å². The molecule has 0 bridgehead atoms. The molecule has 0 fully saturated rings. The molecule has 0 aliphatic carbocycles. The maximum Gasteiger partial charge on any atom is 0.0637 e. The molecule has 0 spiro atoms. The summed E-state index contributed by atoms with van der Waals surface area (Å²) in [5, 5.41) is 2.55. The van der Waals surface area contributed by atoms with Crippen LogP contribution in [0.4, 0.5) is 17.1 Å². The second-order valence-corrected chi connectivity index (χ2v) is 8.78. The summed E-state index contributed by atoms with van der Waals surface area (Å²) in [4.78, 5) is 7.40. The van der Waals surface area contributed by atoms with Gasteiger partial charge in [-0.3, -0.25) is 4.99 Å². The summed E-state index contributed by atoms with van der Waals surface area (Å²) in [7, 11) is 0. The van der Waals surface area contributed by atoms with E-state index in [2.05, 4.69) is 64.9 Å². The Morgan fingerprint density at radius 1 is 0.968 bits per heavy atom. The summed E-state index contributed by atoms with van der Waals surface area (Å²) >= 11 is 0. The predicted molar refractivity (Wildman–Crippen MR) is 132 cm³/mol. The van der Waals surface area contributed by atoms with Crippen LogP contribution in [-0.2, 0) is 19.4 Å². The number of nitrogens with zero attached hydrogens (tertiary/aromatic N) is 3. The van der Waals surface area contributed by atoms with Crippen molar-refractivity contribution in [2.24, 2.45) is 4.99 Å². The normalized spacial score (nSPS) is 15.8. The summed E-state index contributed by atoms with van der Waals surface area (Å²) in [5.41, 5.74) is 16.3. The van der Waals surface area contributed by atoms with E-state index in [1.807, 2.05) is 6.21 Å². The van der Waals surface area contributed by atoms with Gasteiger partial charge in [0.05, 0.1) is 5.69 Å².